The Hall–Kier alpha value is -2.94. The van der Waals surface area contributed by atoms with E-state index in [4.69, 9.17) is 0 Å². The summed E-state index contributed by atoms with van der Waals surface area (Å²) in [6.07, 6.45) is 0.507. The summed E-state index contributed by atoms with van der Waals surface area (Å²) < 4.78 is 13.4. The number of hydrogen-bond donors (Lipinski definition) is 1. The first kappa shape index (κ1) is 14.6. The van der Waals surface area contributed by atoms with Crippen molar-refractivity contribution in [2.75, 3.05) is 5.32 Å². The van der Waals surface area contributed by atoms with Crippen LogP contribution < -0.4 is 5.32 Å². The number of hydrogen-bond acceptors (Lipinski definition) is 2. The first-order chi connectivity index (χ1) is 11.7. The molecule has 3 heteroatoms. The van der Waals surface area contributed by atoms with Crippen LogP contribution in [0.2, 0.25) is 0 Å². The van der Waals surface area contributed by atoms with Gasteiger partial charge >= 0.3 is 0 Å². The molecule has 1 unspecified atom stereocenters. The smallest absolute Gasteiger partial charge is 0.195 e. The van der Waals surface area contributed by atoms with Crippen LogP contribution in [-0.4, -0.2) is 5.78 Å². The lowest BCUT2D eigenvalue weighted by Gasteiger charge is -2.29. The van der Waals surface area contributed by atoms with Crippen LogP contribution in [0.15, 0.2) is 78.9 Å². The molecule has 0 amide bonds. The summed E-state index contributed by atoms with van der Waals surface area (Å²) >= 11 is 0. The molecule has 3 aromatic rings. The van der Waals surface area contributed by atoms with Gasteiger partial charge in [0.25, 0.3) is 0 Å². The monoisotopic (exact) mass is 317 g/mol. The molecule has 1 N–H and O–H groups in total. The van der Waals surface area contributed by atoms with Gasteiger partial charge in [-0.05, 0) is 35.4 Å². The molecule has 0 aliphatic carbocycles. The van der Waals surface area contributed by atoms with E-state index in [1.165, 1.54) is 12.1 Å². The van der Waals surface area contributed by atoms with Crippen molar-refractivity contribution in [2.24, 2.45) is 0 Å². The lowest BCUT2D eigenvalue weighted by molar-refractivity contribution is 0.0916. The van der Waals surface area contributed by atoms with Crippen molar-refractivity contribution in [2.45, 2.75) is 12.0 Å². The highest BCUT2D eigenvalue weighted by Gasteiger charge is 2.46. The largest absolute Gasteiger partial charge is 0.368 e. The molecule has 0 fully saturated rings. The van der Waals surface area contributed by atoms with Gasteiger partial charge in [-0.15, -0.1) is 0 Å². The number of carbonyl (C=O) groups excluding carboxylic acids is 1. The van der Waals surface area contributed by atoms with Crippen molar-refractivity contribution < 1.29 is 9.18 Å². The van der Waals surface area contributed by atoms with Gasteiger partial charge in [-0.2, -0.15) is 0 Å². The van der Waals surface area contributed by atoms with Crippen LogP contribution in [0, 0.1) is 5.82 Å². The number of carbonyl (C=O) groups is 1. The molecule has 0 aromatic heterocycles. The Morgan fingerprint density at radius 2 is 1.50 bits per heavy atom. The van der Waals surface area contributed by atoms with E-state index in [0.29, 0.717) is 12.0 Å². The van der Waals surface area contributed by atoms with Gasteiger partial charge < -0.3 is 5.32 Å². The van der Waals surface area contributed by atoms with E-state index in [9.17, 15) is 9.18 Å². The Kier molecular flexibility index (Phi) is 3.42. The Balaban J connectivity index is 1.85. The van der Waals surface area contributed by atoms with Crippen molar-refractivity contribution in [1.29, 1.82) is 0 Å². The highest BCUT2D eigenvalue weighted by Crippen LogP contribution is 2.41. The van der Waals surface area contributed by atoms with Gasteiger partial charge in [0.2, 0.25) is 0 Å². The number of rotatable bonds is 3. The predicted molar refractivity (Wildman–Crippen MR) is 92.6 cm³/mol. The van der Waals surface area contributed by atoms with Crippen LogP contribution in [0.5, 0.6) is 0 Å². The summed E-state index contributed by atoms with van der Waals surface area (Å²) in [5.41, 5.74) is 2.42. The normalized spacial score (nSPS) is 19.0. The molecule has 118 valence electrons. The van der Waals surface area contributed by atoms with E-state index in [2.05, 4.69) is 5.32 Å². The van der Waals surface area contributed by atoms with E-state index >= 15 is 0 Å². The van der Waals surface area contributed by atoms with E-state index in [0.717, 1.165) is 16.8 Å². The van der Waals surface area contributed by atoms with Crippen LogP contribution >= 0.6 is 0 Å². The first-order valence-electron chi connectivity index (χ1n) is 7.91. The first-order valence-corrected chi connectivity index (χ1v) is 7.91. The number of halogens is 1. The summed E-state index contributed by atoms with van der Waals surface area (Å²) in [4.78, 5) is 13.3. The van der Waals surface area contributed by atoms with Crippen LogP contribution in [0.1, 0.15) is 21.5 Å². The third-order valence-corrected chi connectivity index (χ3v) is 4.56. The predicted octanol–water partition coefficient (Wildman–Crippen LogP) is 4.57. The zero-order chi connectivity index (χ0) is 16.6. The summed E-state index contributed by atoms with van der Waals surface area (Å²) in [7, 11) is 0. The molecule has 0 radical (unpaired) electrons. The van der Waals surface area contributed by atoms with E-state index in [-0.39, 0.29) is 11.6 Å². The average Bonchev–Trinajstić information content (AvgIpc) is 2.90. The van der Waals surface area contributed by atoms with Gasteiger partial charge in [0, 0.05) is 17.7 Å². The van der Waals surface area contributed by atoms with Gasteiger partial charge in [0.1, 0.15) is 11.4 Å². The fourth-order valence-corrected chi connectivity index (χ4v) is 3.37. The highest BCUT2D eigenvalue weighted by molar-refractivity contribution is 6.13. The van der Waals surface area contributed by atoms with Gasteiger partial charge in [-0.3, -0.25) is 4.79 Å². The maximum Gasteiger partial charge on any atom is 0.195 e. The van der Waals surface area contributed by atoms with Crippen LogP contribution in [0.3, 0.4) is 0 Å². The molecule has 4 rings (SSSR count). The number of para-hydroxylation sites is 1. The second-order valence-corrected chi connectivity index (χ2v) is 6.07. The van der Waals surface area contributed by atoms with Crippen LogP contribution in [-0.2, 0) is 12.0 Å². The number of ketones is 1. The minimum absolute atomic E-state index is 0.0218. The fraction of sp³-hybridized carbons (Fsp3) is 0.0952. The molecular formula is C21H16FNO. The van der Waals surface area contributed by atoms with Crippen LogP contribution in [0.4, 0.5) is 10.1 Å². The summed E-state index contributed by atoms with van der Waals surface area (Å²) in [6.45, 7) is 0. The standard InChI is InChI=1S/C21H16FNO/c22-17-12-10-16(11-13-17)21(14-15-6-2-1-3-7-15)20(24)18-8-4-5-9-19(18)23-21/h1-13,23H,14H2. The molecule has 0 spiro atoms. The molecule has 24 heavy (non-hydrogen) atoms. The van der Waals surface area contributed by atoms with E-state index in [1.54, 1.807) is 12.1 Å². The minimum Gasteiger partial charge on any atom is -0.368 e. The number of anilines is 1. The van der Waals surface area contributed by atoms with Gasteiger partial charge in [-0.1, -0.05) is 54.6 Å². The zero-order valence-corrected chi connectivity index (χ0v) is 13.0. The maximum atomic E-state index is 13.4. The topological polar surface area (TPSA) is 29.1 Å². The molecule has 0 bridgehead atoms. The molecular weight excluding hydrogens is 301 g/mol. The molecule has 1 atom stereocenters. The Labute approximate surface area is 140 Å². The van der Waals surface area contributed by atoms with Gasteiger partial charge in [0.15, 0.2) is 5.78 Å². The molecule has 0 saturated carbocycles. The quantitative estimate of drug-likeness (QED) is 0.766. The molecule has 1 aliphatic rings. The Bertz CT molecular complexity index is 889. The third-order valence-electron chi connectivity index (χ3n) is 4.56. The lowest BCUT2D eigenvalue weighted by atomic mass is 9.80. The van der Waals surface area contributed by atoms with Crippen molar-refractivity contribution in [1.82, 2.24) is 0 Å². The van der Waals surface area contributed by atoms with Gasteiger partial charge in [0.05, 0.1) is 0 Å². The van der Waals surface area contributed by atoms with E-state index in [1.807, 2.05) is 54.6 Å². The molecule has 0 saturated heterocycles. The average molecular weight is 317 g/mol. The van der Waals surface area contributed by atoms with Crippen LogP contribution in [0.25, 0.3) is 0 Å². The highest BCUT2D eigenvalue weighted by atomic mass is 19.1. The SMILES string of the molecule is O=C1c2ccccc2NC1(Cc1ccccc1)c1ccc(F)cc1. The second-order valence-electron chi connectivity index (χ2n) is 6.07. The second kappa shape index (κ2) is 5.60. The van der Waals surface area contributed by atoms with E-state index < -0.39 is 5.54 Å². The number of nitrogens with one attached hydrogen (secondary N) is 1. The number of fused-ring (bicyclic) bond motifs is 1. The maximum absolute atomic E-state index is 13.4. The summed E-state index contributed by atoms with van der Waals surface area (Å²) in [5, 5.41) is 3.41. The van der Waals surface area contributed by atoms with Crippen molar-refractivity contribution in [3.63, 3.8) is 0 Å². The fourth-order valence-electron chi connectivity index (χ4n) is 3.37. The molecule has 3 aromatic carbocycles. The van der Waals surface area contributed by atoms with Crippen molar-refractivity contribution in [3.8, 4) is 0 Å². The third kappa shape index (κ3) is 2.29. The molecule has 2 nitrogen and oxygen atoms in total. The van der Waals surface area contributed by atoms with Gasteiger partial charge in [-0.25, -0.2) is 4.39 Å². The van der Waals surface area contributed by atoms with Crippen molar-refractivity contribution in [3.05, 3.63) is 101 Å². The molecule has 1 aliphatic heterocycles. The van der Waals surface area contributed by atoms with Crippen molar-refractivity contribution >= 4 is 11.5 Å². The minimum atomic E-state index is -0.904. The Morgan fingerprint density at radius 1 is 0.833 bits per heavy atom. The Morgan fingerprint density at radius 3 is 2.21 bits per heavy atom. The number of Topliss-reactive ketones (excluding diaryl/α,β-unsaturated/α-hetero) is 1. The summed E-state index contributed by atoms with van der Waals surface area (Å²) in [6, 6.07) is 23.6. The molecule has 1 heterocycles. The lowest BCUT2D eigenvalue weighted by Crippen LogP contribution is -2.40. The summed E-state index contributed by atoms with van der Waals surface area (Å²) in [5.74, 6) is -0.287. The zero-order valence-electron chi connectivity index (χ0n) is 13.0. The number of benzene rings is 3.